The topological polar surface area (TPSA) is 121 Å². The van der Waals surface area contributed by atoms with E-state index in [0.29, 0.717) is 0 Å². The second kappa shape index (κ2) is 10.5. The van der Waals surface area contributed by atoms with Crippen molar-refractivity contribution >= 4 is 28.9 Å². The lowest BCUT2D eigenvalue weighted by atomic mass is 10.0. The summed E-state index contributed by atoms with van der Waals surface area (Å²) in [5.41, 5.74) is 2.53. The van der Waals surface area contributed by atoms with Gasteiger partial charge in [-0.2, -0.15) is 0 Å². The number of carbonyl (C=O) groups excluding carboxylic acids is 2. The molecule has 1 aromatic heterocycles. The largest absolute Gasteiger partial charge is 0.480 e. The van der Waals surface area contributed by atoms with Crippen molar-refractivity contribution in [1.29, 1.82) is 0 Å². The minimum atomic E-state index is -1.13. The average molecular weight is 437 g/mol. The molecule has 1 heterocycles. The van der Waals surface area contributed by atoms with Crippen LogP contribution in [0.15, 0.2) is 60.8 Å². The zero-order valence-corrected chi connectivity index (χ0v) is 18.0. The van der Waals surface area contributed by atoms with Crippen LogP contribution in [0.25, 0.3) is 10.9 Å². The van der Waals surface area contributed by atoms with E-state index in [9.17, 15) is 19.5 Å². The third-order valence-corrected chi connectivity index (χ3v) is 5.15. The van der Waals surface area contributed by atoms with Gasteiger partial charge in [0, 0.05) is 23.5 Å². The van der Waals surface area contributed by atoms with Crippen molar-refractivity contribution in [3.05, 3.63) is 71.9 Å². The highest BCUT2D eigenvalue weighted by atomic mass is 16.5. The number of H-pyrrole nitrogens is 1. The Balaban J connectivity index is 1.75. The zero-order chi connectivity index (χ0) is 23.1. The highest BCUT2D eigenvalue weighted by Gasteiger charge is 2.29. The molecule has 2 atom stereocenters. The maximum Gasteiger partial charge on any atom is 0.408 e. The molecule has 3 aromatic rings. The maximum atomic E-state index is 13.0. The van der Waals surface area contributed by atoms with E-state index in [-0.39, 0.29) is 18.9 Å². The third kappa shape index (κ3) is 5.87. The molecule has 2 amide bonds. The van der Waals surface area contributed by atoms with E-state index >= 15 is 0 Å². The van der Waals surface area contributed by atoms with Crippen molar-refractivity contribution in [2.75, 3.05) is 0 Å². The Labute approximate surface area is 186 Å². The Kier molecular flexibility index (Phi) is 7.49. The summed E-state index contributed by atoms with van der Waals surface area (Å²) in [6.07, 6.45) is 1.19. The SMILES string of the molecule is CC(C)C(NC(=O)C(Cc1c[nH]c2ccccc12)NC(=O)OCc1ccccc1)C(=O)O. The number of amides is 2. The Morgan fingerprint density at radius 2 is 1.69 bits per heavy atom. The van der Waals surface area contributed by atoms with E-state index < -0.39 is 30.1 Å². The molecular formula is C24H27N3O5. The molecule has 0 bridgehead atoms. The Morgan fingerprint density at radius 3 is 2.38 bits per heavy atom. The molecule has 2 aromatic carbocycles. The number of rotatable bonds is 9. The quantitative estimate of drug-likeness (QED) is 0.410. The Bertz CT molecular complexity index is 1080. The van der Waals surface area contributed by atoms with Crippen LogP contribution in [0, 0.1) is 5.92 Å². The number of ether oxygens (including phenoxy) is 1. The molecule has 0 aliphatic carbocycles. The van der Waals surface area contributed by atoms with Gasteiger partial charge in [-0.1, -0.05) is 62.4 Å². The smallest absolute Gasteiger partial charge is 0.408 e. The number of hydrogen-bond acceptors (Lipinski definition) is 4. The number of benzene rings is 2. The van der Waals surface area contributed by atoms with E-state index in [4.69, 9.17) is 4.74 Å². The van der Waals surface area contributed by atoms with Gasteiger partial charge in [0.05, 0.1) is 0 Å². The molecule has 0 radical (unpaired) electrons. The number of para-hydroxylation sites is 1. The first-order valence-electron chi connectivity index (χ1n) is 10.4. The molecule has 2 unspecified atom stereocenters. The van der Waals surface area contributed by atoms with Gasteiger partial charge in [0.2, 0.25) is 5.91 Å². The van der Waals surface area contributed by atoms with Crippen molar-refractivity contribution in [1.82, 2.24) is 15.6 Å². The molecule has 0 saturated carbocycles. The van der Waals surface area contributed by atoms with Crippen molar-refractivity contribution in [2.45, 2.75) is 39.0 Å². The molecule has 4 N–H and O–H groups in total. The molecule has 0 saturated heterocycles. The maximum absolute atomic E-state index is 13.0. The van der Waals surface area contributed by atoms with Gasteiger partial charge in [-0.25, -0.2) is 9.59 Å². The Morgan fingerprint density at radius 1 is 1.00 bits per heavy atom. The monoisotopic (exact) mass is 437 g/mol. The normalized spacial score (nSPS) is 12.8. The van der Waals surface area contributed by atoms with Crippen LogP contribution >= 0.6 is 0 Å². The van der Waals surface area contributed by atoms with Gasteiger partial charge in [0.15, 0.2) is 0 Å². The summed E-state index contributed by atoms with van der Waals surface area (Å²) >= 11 is 0. The lowest BCUT2D eigenvalue weighted by Crippen LogP contribution is -2.53. The van der Waals surface area contributed by atoms with E-state index in [2.05, 4.69) is 15.6 Å². The minimum absolute atomic E-state index is 0.0534. The molecule has 8 nitrogen and oxygen atoms in total. The van der Waals surface area contributed by atoms with Crippen LogP contribution in [0.4, 0.5) is 4.79 Å². The molecule has 0 aliphatic heterocycles. The number of alkyl carbamates (subject to hydrolysis) is 1. The fraction of sp³-hybridized carbons (Fsp3) is 0.292. The van der Waals surface area contributed by atoms with Crippen LogP contribution in [-0.2, 0) is 27.4 Å². The van der Waals surface area contributed by atoms with E-state index in [1.807, 2.05) is 54.6 Å². The van der Waals surface area contributed by atoms with E-state index in [0.717, 1.165) is 22.0 Å². The number of fused-ring (bicyclic) bond motifs is 1. The zero-order valence-electron chi connectivity index (χ0n) is 18.0. The van der Waals surface area contributed by atoms with Crippen molar-refractivity contribution in [3.63, 3.8) is 0 Å². The van der Waals surface area contributed by atoms with Crippen LogP contribution in [-0.4, -0.2) is 40.1 Å². The van der Waals surface area contributed by atoms with Gasteiger partial charge >= 0.3 is 12.1 Å². The van der Waals surface area contributed by atoms with Gasteiger partial charge in [-0.3, -0.25) is 4.79 Å². The van der Waals surface area contributed by atoms with Crippen LogP contribution < -0.4 is 10.6 Å². The summed E-state index contributed by atoms with van der Waals surface area (Å²) < 4.78 is 5.26. The van der Waals surface area contributed by atoms with Crippen LogP contribution in [0.1, 0.15) is 25.0 Å². The highest BCUT2D eigenvalue weighted by molar-refractivity contribution is 5.90. The second-order valence-electron chi connectivity index (χ2n) is 7.89. The minimum Gasteiger partial charge on any atom is -0.480 e. The predicted molar refractivity (Wildman–Crippen MR) is 120 cm³/mol. The molecule has 3 rings (SSSR count). The highest BCUT2D eigenvalue weighted by Crippen LogP contribution is 2.19. The summed E-state index contributed by atoms with van der Waals surface area (Å²) in [6.45, 7) is 3.46. The summed E-state index contributed by atoms with van der Waals surface area (Å²) in [5, 5.41) is 15.5. The molecule has 8 heteroatoms. The number of hydrogen-bond donors (Lipinski definition) is 4. The number of carboxylic acid groups (broad SMARTS) is 1. The summed E-state index contributed by atoms with van der Waals surface area (Å²) in [4.78, 5) is 40.1. The molecular weight excluding hydrogens is 410 g/mol. The number of aliphatic carboxylic acids is 1. The number of carbonyl (C=O) groups is 3. The van der Waals surface area contributed by atoms with Gasteiger partial charge in [-0.15, -0.1) is 0 Å². The lowest BCUT2D eigenvalue weighted by Gasteiger charge is -2.23. The Hall–Kier alpha value is -3.81. The molecule has 0 fully saturated rings. The third-order valence-electron chi connectivity index (χ3n) is 5.15. The fourth-order valence-corrected chi connectivity index (χ4v) is 3.40. The molecule has 32 heavy (non-hydrogen) atoms. The number of aromatic nitrogens is 1. The lowest BCUT2D eigenvalue weighted by molar-refractivity contribution is -0.143. The fourth-order valence-electron chi connectivity index (χ4n) is 3.40. The summed E-state index contributed by atoms with van der Waals surface area (Å²) in [5.74, 6) is -2.05. The summed E-state index contributed by atoms with van der Waals surface area (Å²) in [7, 11) is 0. The van der Waals surface area contributed by atoms with E-state index in [1.54, 1.807) is 20.0 Å². The van der Waals surface area contributed by atoms with Crippen molar-refractivity contribution < 1.29 is 24.2 Å². The standard InChI is InChI=1S/C24H27N3O5/c1-15(2)21(23(29)30)27-22(28)20(12-17-13-25-19-11-7-6-10-18(17)19)26-24(31)32-14-16-8-4-3-5-9-16/h3-11,13,15,20-21,25H,12,14H2,1-2H3,(H,26,31)(H,27,28)(H,29,30). The first-order chi connectivity index (χ1) is 15.3. The first-order valence-corrected chi connectivity index (χ1v) is 10.4. The van der Waals surface area contributed by atoms with Crippen LogP contribution in [0.2, 0.25) is 0 Å². The van der Waals surface area contributed by atoms with Gasteiger partial charge < -0.3 is 25.5 Å². The van der Waals surface area contributed by atoms with Crippen molar-refractivity contribution in [3.8, 4) is 0 Å². The van der Waals surface area contributed by atoms with Crippen LogP contribution in [0.3, 0.4) is 0 Å². The van der Waals surface area contributed by atoms with Gasteiger partial charge in [0.1, 0.15) is 18.7 Å². The van der Waals surface area contributed by atoms with Crippen LogP contribution in [0.5, 0.6) is 0 Å². The number of carboxylic acids is 1. The number of aromatic amines is 1. The average Bonchev–Trinajstić information content (AvgIpc) is 3.18. The van der Waals surface area contributed by atoms with Gasteiger partial charge in [0.25, 0.3) is 0 Å². The predicted octanol–water partition coefficient (Wildman–Crippen LogP) is 3.23. The second-order valence-corrected chi connectivity index (χ2v) is 7.89. The number of nitrogens with one attached hydrogen (secondary N) is 3. The molecule has 168 valence electrons. The molecule has 0 aliphatic rings. The van der Waals surface area contributed by atoms with Crippen molar-refractivity contribution in [2.24, 2.45) is 5.92 Å². The molecule has 0 spiro atoms. The van der Waals surface area contributed by atoms with E-state index in [1.165, 1.54) is 0 Å². The first kappa shape index (κ1) is 22.9. The summed E-state index contributed by atoms with van der Waals surface area (Å²) in [6, 6.07) is 14.7. The van der Waals surface area contributed by atoms with Gasteiger partial charge in [-0.05, 0) is 23.1 Å².